The number of rotatable bonds is 13. The molecule has 1 fully saturated rings. The van der Waals surface area contributed by atoms with Gasteiger partial charge in [0.05, 0.1) is 6.61 Å². The van der Waals surface area contributed by atoms with Crippen LogP contribution in [0.15, 0.2) is 36.4 Å². The van der Waals surface area contributed by atoms with Crippen molar-refractivity contribution in [3.63, 3.8) is 0 Å². The van der Waals surface area contributed by atoms with Crippen molar-refractivity contribution in [3.8, 4) is 5.75 Å². The lowest BCUT2D eigenvalue weighted by Crippen LogP contribution is -2.03. The van der Waals surface area contributed by atoms with Crippen LogP contribution >= 0.6 is 0 Å². The molecule has 1 unspecified atom stereocenters. The molecule has 2 heteroatoms. The second-order valence-electron chi connectivity index (χ2n) is 6.45. The summed E-state index contributed by atoms with van der Waals surface area (Å²) in [5, 5.41) is 0. The minimum absolute atomic E-state index is 0.331. The van der Waals surface area contributed by atoms with Crippen molar-refractivity contribution in [2.45, 2.75) is 70.8 Å². The first-order chi connectivity index (χ1) is 11.4. The standard InChI is InChI=1S/C21H32O2/c1-2-3-4-5-6-7-8-9-10-11-12-19-13-15-20(16-14-19)22-17-21-18-23-21/h3-4,13-16,21H,2,5-12,17-18H2,1H3/b4-3+. The first-order valence-corrected chi connectivity index (χ1v) is 9.37. The Balaban J connectivity index is 1.45. The average molecular weight is 316 g/mol. The lowest BCUT2D eigenvalue weighted by Gasteiger charge is -2.06. The van der Waals surface area contributed by atoms with Gasteiger partial charge in [-0.2, -0.15) is 0 Å². The number of allylic oxidation sites excluding steroid dienone is 2. The Bertz CT molecular complexity index is 432. The van der Waals surface area contributed by atoms with E-state index in [1.54, 1.807) is 0 Å². The molecule has 1 aromatic rings. The first-order valence-electron chi connectivity index (χ1n) is 9.37. The van der Waals surface area contributed by atoms with Gasteiger partial charge in [0, 0.05) is 0 Å². The highest BCUT2D eigenvalue weighted by molar-refractivity contribution is 5.27. The summed E-state index contributed by atoms with van der Waals surface area (Å²) in [6.07, 6.45) is 16.7. The molecule has 0 aliphatic carbocycles. The molecule has 1 saturated heterocycles. The topological polar surface area (TPSA) is 21.8 Å². The van der Waals surface area contributed by atoms with Gasteiger partial charge in [0.25, 0.3) is 0 Å². The summed E-state index contributed by atoms with van der Waals surface area (Å²) in [6, 6.07) is 8.56. The van der Waals surface area contributed by atoms with Gasteiger partial charge in [-0.25, -0.2) is 0 Å². The minimum Gasteiger partial charge on any atom is -0.491 e. The van der Waals surface area contributed by atoms with Gasteiger partial charge in [0.1, 0.15) is 18.5 Å². The van der Waals surface area contributed by atoms with Gasteiger partial charge < -0.3 is 9.47 Å². The van der Waals surface area contributed by atoms with E-state index in [1.807, 2.05) is 0 Å². The van der Waals surface area contributed by atoms with Gasteiger partial charge in [-0.15, -0.1) is 0 Å². The Morgan fingerprint density at radius 1 is 1.00 bits per heavy atom. The monoisotopic (exact) mass is 316 g/mol. The highest BCUT2D eigenvalue weighted by atomic mass is 16.6. The molecule has 2 nitrogen and oxygen atoms in total. The number of hydrogen-bond acceptors (Lipinski definition) is 2. The average Bonchev–Trinajstić information content (AvgIpc) is 3.40. The van der Waals surface area contributed by atoms with Crippen LogP contribution in [0.1, 0.15) is 63.9 Å². The quantitative estimate of drug-likeness (QED) is 0.264. The molecule has 23 heavy (non-hydrogen) atoms. The van der Waals surface area contributed by atoms with E-state index in [4.69, 9.17) is 9.47 Å². The summed E-state index contributed by atoms with van der Waals surface area (Å²) in [4.78, 5) is 0. The molecule has 1 aromatic carbocycles. The Hall–Kier alpha value is -1.28. The summed E-state index contributed by atoms with van der Waals surface area (Å²) >= 11 is 0. The first kappa shape index (κ1) is 18.1. The zero-order valence-electron chi connectivity index (χ0n) is 14.6. The van der Waals surface area contributed by atoms with Gasteiger partial charge >= 0.3 is 0 Å². The van der Waals surface area contributed by atoms with Crippen molar-refractivity contribution in [3.05, 3.63) is 42.0 Å². The Morgan fingerprint density at radius 2 is 1.70 bits per heavy atom. The normalized spacial score (nSPS) is 16.8. The van der Waals surface area contributed by atoms with E-state index in [1.165, 1.54) is 63.4 Å². The largest absolute Gasteiger partial charge is 0.491 e. The third-order valence-corrected chi connectivity index (χ3v) is 4.25. The van der Waals surface area contributed by atoms with Crippen LogP contribution in [0.3, 0.4) is 0 Å². The van der Waals surface area contributed by atoms with Crippen LogP contribution in [-0.2, 0) is 11.2 Å². The third kappa shape index (κ3) is 8.80. The number of epoxide rings is 1. The van der Waals surface area contributed by atoms with Crippen LogP contribution in [-0.4, -0.2) is 19.3 Å². The zero-order chi connectivity index (χ0) is 16.2. The maximum Gasteiger partial charge on any atom is 0.119 e. The fourth-order valence-corrected chi connectivity index (χ4v) is 2.69. The fourth-order valence-electron chi connectivity index (χ4n) is 2.69. The van der Waals surface area contributed by atoms with Crippen LogP contribution < -0.4 is 4.74 Å². The molecule has 1 heterocycles. The number of aryl methyl sites for hydroxylation is 1. The summed E-state index contributed by atoms with van der Waals surface area (Å²) in [5.41, 5.74) is 1.42. The van der Waals surface area contributed by atoms with E-state index in [-0.39, 0.29) is 0 Å². The Morgan fingerprint density at radius 3 is 2.39 bits per heavy atom. The number of hydrogen-bond donors (Lipinski definition) is 0. The van der Waals surface area contributed by atoms with Crippen molar-refractivity contribution >= 4 is 0 Å². The predicted molar refractivity (Wildman–Crippen MR) is 97.1 cm³/mol. The lowest BCUT2D eigenvalue weighted by molar-refractivity contribution is 0.263. The van der Waals surface area contributed by atoms with E-state index in [2.05, 4.69) is 43.3 Å². The molecule has 0 bridgehead atoms. The molecule has 0 amide bonds. The van der Waals surface area contributed by atoms with Gasteiger partial charge in [0.15, 0.2) is 0 Å². The summed E-state index contributed by atoms with van der Waals surface area (Å²) in [5.74, 6) is 0.960. The lowest BCUT2D eigenvalue weighted by atomic mass is 10.0. The molecule has 0 aromatic heterocycles. The van der Waals surface area contributed by atoms with E-state index in [9.17, 15) is 0 Å². The highest BCUT2D eigenvalue weighted by Gasteiger charge is 2.22. The number of unbranched alkanes of at least 4 members (excludes halogenated alkanes) is 6. The van der Waals surface area contributed by atoms with Gasteiger partial charge in [-0.1, -0.05) is 56.9 Å². The SMILES string of the molecule is CC/C=C/CCCCCCCCc1ccc(OCC2CO2)cc1. The molecular formula is C21H32O2. The smallest absolute Gasteiger partial charge is 0.119 e. The number of ether oxygens (including phenoxy) is 2. The molecule has 0 saturated carbocycles. The summed E-state index contributed by atoms with van der Waals surface area (Å²) in [7, 11) is 0. The van der Waals surface area contributed by atoms with E-state index in [0.29, 0.717) is 12.7 Å². The van der Waals surface area contributed by atoms with Gasteiger partial charge in [-0.05, 0) is 49.8 Å². The predicted octanol–water partition coefficient (Wildman–Crippen LogP) is 5.70. The summed E-state index contributed by atoms with van der Waals surface area (Å²) < 4.78 is 10.8. The van der Waals surface area contributed by atoms with Crippen LogP contribution in [0, 0.1) is 0 Å². The molecule has 0 radical (unpaired) electrons. The maximum atomic E-state index is 5.66. The Labute approximate surface area is 141 Å². The van der Waals surface area contributed by atoms with Gasteiger partial charge in [-0.3, -0.25) is 0 Å². The molecule has 2 rings (SSSR count). The second-order valence-corrected chi connectivity index (χ2v) is 6.45. The molecular weight excluding hydrogens is 284 g/mol. The van der Waals surface area contributed by atoms with Crippen LogP contribution in [0.5, 0.6) is 5.75 Å². The molecule has 0 spiro atoms. The number of benzene rings is 1. The van der Waals surface area contributed by atoms with Crippen molar-refractivity contribution in [1.82, 2.24) is 0 Å². The zero-order valence-corrected chi connectivity index (χ0v) is 14.6. The van der Waals surface area contributed by atoms with Crippen molar-refractivity contribution < 1.29 is 9.47 Å². The van der Waals surface area contributed by atoms with E-state index in [0.717, 1.165) is 12.4 Å². The highest BCUT2D eigenvalue weighted by Crippen LogP contribution is 2.17. The summed E-state index contributed by atoms with van der Waals surface area (Å²) in [6.45, 7) is 3.74. The second kappa shape index (κ2) is 11.3. The maximum absolute atomic E-state index is 5.66. The van der Waals surface area contributed by atoms with Crippen LogP contribution in [0.2, 0.25) is 0 Å². The molecule has 1 aliphatic heterocycles. The van der Waals surface area contributed by atoms with Crippen molar-refractivity contribution in [2.24, 2.45) is 0 Å². The van der Waals surface area contributed by atoms with Gasteiger partial charge in [0.2, 0.25) is 0 Å². The molecule has 128 valence electrons. The van der Waals surface area contributed by atoms with E-state index >= 15 is 0 Å². The molecule has 0 N–H and O–H groups in total. The van der Waals surface area contributed by atoms with Crippen LogP contribution in [0.4, 0.5) is 0 Å². The molecule has 1 aliphatic rings. The van der Waals surface area contributed by atoms with Crippen molar-refractivity contribution in [2.75, 3.05) is 13.2 Å². The fraction of sp³-hybridized carbons (Fsp3) is 0.619. The minimum atomic E-state index is 0.331. The van der Waals surface area contributed by atoms with E-state index < -0.39 is 0 Å². The Kier molecular flexibility index (Phi) is 8.86. The van der Waals surface area contributed by atoms with Crippen molar-refractivity contribution in [1.29, 1.82) is 0 Å². The third-order valence-electron chi connectivity index (χ3n) is 4.25. The molecule has 1 atom stereocenters. The van der Waals surface area contributed by atoms with Crippen LogP contribution in [0.25, 0.3) is 0 Å².